The minimum Gasteiger partial charge on any atom is -0.401 e. The van der Waals surface area contributed by atoms with Crippen LogP contribution in [0.3, 0.4) is 0 Å². The predicted octanol–water partition coefficient (Wildman–Crippen LogP) is 3.86. The molecule has 0 saturated carbocycles. The quantitative estimate of drug-likeness (QED) is 0.317. The van der Waals surface area contributed by atoms with Gasteiger partial charge >= 0.3 is 5.88 Å². The maximum Gasteiger partial charge on any atom is 0.433 e. The SMILES string of the molecule is N#CC(=Cc1ccc([N+](=O)[O-])o1)C(=O)Nc1nc(-c2ccccc2)cs1. The second-order valence-corrected chi connectivity index (χ2v) is 5.82. The Labute approximate surface area is 151 Å². The zero-order chi connectivity index (χ0) is 18.5. The fourth-order valence-corrected chi connectivity index (χ4v) is 2.76. The van der Waals surface area contributed by atoms with E-state index >= 15 is 0 Å². The van der Waals surface area contributed by atoms with Crippen molar-refractivity contribution in [2.45, 2.75) is 0 Å². The highest BCUT2D eigenvalue weighted by molar-refractivity contribution is 7.14. The summed E-state index contributed by atoms with van der Waals surface area (Å²) >= 11 is 1.22. The Kier molecular flexibility index (Phi) is 4.87. The van der Waals surface area contributed by atoms with Gasteiger partial charge in [0.15, 0.2) is 5.13 Å². The van der Waals surface area contributed by atoms with E-state index in [1.54, 1.807) is 11.4 Å². The molecule has 0 atom stereocenters. The number of nitriles is 1. The number of benzene rings is 1. The van der Waals surface area contributed by atoms with Crippen LogP contribution in [-0.4, -0.2) is 15.8 Å². The molecule has 3 rings (SSSR count). The number of furan rings is 1. The smallest absolute Gasteiger partial charge is 0.401 e. The van der Waals surface area contributed by atoms with E-state index in [1.165, 1.54) is 17.4 Å². The molecule has 1 amide bonds. The first-order valence-corrected chi connectivity index (χ1v) is 8.13. The summed E-state index contributed by atoms with van der Waals surface area (Å²) in [5.74, 6) is -1.12. The summed E-state index contributed by atoms with van der Waals surface area (Å²) in [6.07, 6.45) is 1.13. The van der Waals surface area contributed by atoms with E-state index in [1.807, 2.05) is 30.3 Å². The number of carbonyl (C=O) groups excluding carboxylic acids is 1. The molecule has 0 unspecified atom stereocenters. The van der Waals surface area contributed by atoms with Gasteiger partial charge in [0.25, 0.3) is 5.91 Å². The monoisotopic (exact) mass is 366 g/mol. The Morgan fingerprint density at radius 3 is 2.73 bits per heavy atom. The summed E-state index contributed by atoms with van der Waals surface area (Å²) < 4.78 is 4.92. The maximum atomic E-state index is 12.2. The average molecular weight is 366 g/mol. The maximum absolute atomic E-state index is 12.2. The number of aromatic nitrogens is 1. The first kappa shape index (κ1) is 17.1. The second kappa shape index (κ2) is 7.42. The third-order valence-corrected chi connectivity index (χ3v) is 4.00. The highest BCUT2D eigenvalue weighted by Crippen LogP contribution is 2.25. The zero-order valence-corrected chi connectivity index (χ0v) is 13.9. The fourth-order valence-electron chi connectivity index (χ4n) is 2.05. The lowest BCUT2D eigenvalue weighted by Crippen LogP contribution is -2.13. The second-order valence-electron chi connectivity index (χ2n) is 4.96. The number of hydrogen-bond acceptors (Lipinski definition) is 7. The van der Waals surface area contributed by atoms with Crippen LogP contribution in [0.2, 0.25) is 0 Å². The number of anilines is 1. The van der Waals surface area contributed by atoms with E-state index in [-0.39, 0.29) is 11.3 Å². The zero-order valence-electron chi connectivity index (χ0n) is 13.1. The molecule has 0 aliphatic heterocycles. The van der Waals surface area contributed by atoms with E-state index in [9.17, 15) is 14.9 Å². The van der Waals surface area contributed by atoms with E-state index < -0.39 is 16.7 Å². The Morgan fingerprint density at radius 1 is 1.31 bits per heavy atom. The summed E-state index contributed by atoms with van der Waals surface area (Å²) in [5.41, 5.74) is 1.35. The van der Waals surface area contributed by atoms with Gasteiger partial charge in [0.2, 0.25) is 0 Å². The van der Waals surface area contributed by atoms with Crippen molar-refractivity contribution in [1.29, 1.82) is 5.26 Å². The van der Waals surface area contributed by atoms with Crippen molar-refractivity contribution in [3.05, 3.63) is 69.3 Å². The Bertz CT molecular complexity index is 1030. The minimum atomic E-state index is -0.704. The Morgan fingerprint density at radius 2 is 2.08 bits per heavy atom. The molecule has 8 nitrogen and oxygen atoms in total. The van der Waals surface area contributed by atoms with Crippen LogP contribution in [-0.2, 0) is 4.79 Å². The number of nitro groups is 1. The molecule has 0 aliphatic rings. The van der Waals surface area contributed by atoms with Crippen LogP contribution in [0.1, 0.15) is 5.76 Å². The average Bonchev–Trinajstić information content (AvgIpc) is 3.30. The number of hydrogen-bond donors (Lipinski definition) is 1. The first-order chi connectivity index (χ1) is 12.6. The summed E-state index contributed by atoms with van der Waals surface area (Å²) in [6.45, 7) is 0. The number of carbonyl (C=O) groups is 1. The Balaban J connectivity index is 1.75. The van der Waals surface area contributed by atoms with E-state index in [2.05, 4.69) is 10.3 Å². The van der Waals surface area contributed by atoms with Crippen molar-refractivity contribution in [3.8, 4) is 17.3 Å². The van der Waals surface area contributed by atoms with Gasteiger partial charge in [-0.2, -0.15) is 5.26 Å². The Hall–Kier alpha value is -3.77. The van der Waals surface area contributed by atoms with Crippen molar-refractivity contribution < 1.29 is 14.1 Å². The highest BCUT2D eigenvalue weighted by atomic mass is 32.1. The molecule has 0 aliphatic carbocycles. The molecule has 0 spiro atoms. The third-order valence-electron chi connectivity index (χ3n) is 3.24. The van der Waals surface area contributed by atoms with Gasteiger partial charge in [-0.25, -0.2) is 4.98 Å². The molecule has 9 heteroatoms. The van der Waals surface area contributed by atoms with Gasteiger partial charge in [-0.1, -0.05) is 30.3 Å². The van der Waals surface area contributed by atoms with Crippen molar-refractivity contribution in [3.63, 3.8) is 0 Å². The largest absolute Gasteiger partial charge is 0.433 e. The molecule has 2 aromatic heterocycles. The van der Waals surface area contributed by atoms with Gasteiger partial charge in [0.05, 0.1) is 11.8 Å². The standard InChI is InChI=1S/C17H10N4O4S/c18-9-12(8-13-6-7-15(25-13)21(23)24)16(22)20-17-19-14(10-26-17)11-4-2-1-3-5-11/h1-8,10H,(H,19,20,22). The first-order valence-electron chi connectivity index (χ1n) is 7.25. The summed E-state index contributed by atoms with van der Waals surface area (Å²) in [4.78, 5) is 26.4. The van der Waals surface area contributed by atoms with Gasteiger partial charge in [0.1, 0.15) is 22.3 Å². The molecule has 128 valence electrons. The van der Waals surface area contributed by atoms with Gasteiger partial charge in [0, 0.05) is 17.0 Å². The van der Waals surface area contributed by atoms with Crippen LogP contribution in [0, 0.1) is 21.4 Å². The van der Waals surface area contributed by atoms with Crippen LogP contribution >= 0.6 is 11.3 Å². The van der Waals surface area contributed by atoms with E-state index in [0.29, 0.717) is 10.8 Å². The lowest BCUT2D eigenvalue weighted by Gasteiger charge is -1.99. The van der Waals surface area contributed by atoms with Crippen molar-refractivity contribution in [2.75, 3.05) is 5.32 Å². The lowest BCUT2D eigenvalue weighted by atomic mass is 10.2. The predicted molar refractivity (Wildman–Crippen MR) is 95.1 cm³/mol. The lowest BCUT2D eigenvalue weighted by molar-refractivity contribution is -0.402. The molecule has 2 heterocycles. The van der Waals surface area contributed by atoms with Crippen molar-refractivity contribution >= 4 is 34.3 Å². The van der Waals surface area contributed by atoms with Crippen LogP contribution < -0.4 is 5.32 Å². The number of nitrogens with one attached hydrogen (secondary N) is 1. The molecule has 0 saturated heterocycles. The topological polar surface area (TPSA) is 122 Å². The fraction of sp³-hybridized carbons (Fsp3) is 0. The molecular formula is C17H10N4O4S. The normalized spacial score (nSPS) is 11.0. The summed E-state index contributed by atoms with van der Waals surface area (Å²) in [6, 6.07) is 13.6. The van der Waals surface area contributed by atoms with E-state index in [0.717, 1.165) is 17.7 Å². The highest BCUT2D eigenvalue weighted by Gasteiger charge is 2.15. The van der Waals surface area contributed by atoms with Gasteiger partial charge in [-0.3, -0.25) is 20.2 Å². The minimum absolute atomic E-state index is 0.0347. The molecule has 3 aromatic rings. The third kappa shape index (κ3) is 3.82. The van der Waals surface area contributed by atoms with Crippen LogP contribution in [0.4, 0.5) is 11.0 Å². The number of rotatable bonds is 5. The van der Waals surface area contributed by atoms with Gasteiger partial charge in [-0.05, 0) is 6.07 Å². The molecule has 26 heavy (non-hydrogen) atoms. The molecule has 0 fully saturated rings. The van der Waals surface area contributed by atoms with Gasteiger partial charge in [-0.15, -0.1) is 11.3 Å². The van der Waals surface area contributed by atoms with Crippen LogP contribution in [0.15, 0.2) is 57.8 Å². The molecular weight excluding hydrogens is 356 g/mol. The van der Waals surface area contributed by atoms with Crippen LogP contribution in [0.25, 0.3) is 17.3 Å². The van der Waals surface area contributed by atoms with Gasteiger partial charge < -0.3 is 4.42 Å². The van der Waals surface area contributed by atoms with Crippen molar-refractivity contribution in [2.24, 2.45) is 0 Å². The van der Waals surface area contributed by atoms with E-state index in [4.69, 9.17) is 9.68 Å². The summed E-state index contributed by atoms with van der Waals surface area (Å²) in [5, 5.41) is 24.4. The number of nitrogens with zero attached hydrogens (tertiary/aromatic N) is 3. The number of thiazole rings is 1. The molecule has 0 bridgehead atoms. The number of amides is 1. The van der Waals surface area contributed by atoms with Crippen LogP contribution in [0.5, 0.6) is 0 Å². The summed E-state index contributed by atoms with van der Waals surface area (Å²) in [7, 11) is 0. The molecule has 1 aromatic carbocycles. The van der Waals surface area contributed by atoms with Crippen molar-refractivity contribution in [1.82, 2.24) is 4.98 Å². The molecule has 1 N–H and O–H groups in total. The molecule has 0 radical (unpaired) electrons.